The number of piperidine rings is 1. The Morgan fingerprint density at radius 2 is 2.06 bits per heavy atom. The van der Waals surface area contributed by atoms with Gasteiger partial charge in [-0.2, -0.15) is 5.26 Å². The molecule has 1 aromatic heterocycles. The summed E-state index contributed by atoms with van der Waals surface area (Å²) in [6.07, 6.45) is 4.11. The molecule has 178 valence electrons. The fraction of sp³-hybridized carbons (Fsp3) is 0.520. The largest absolute Gasteiger partial charge is 0.327 e. The van der Waals surface area contributed by atoms with Gasteiger partial charge in [0.25, 0.3) is 0 Å². The fourth-order valence-electron chi connectivity index (χ4n) is 5.69. The first-order valence-corrected chi connectivity index (χ1v) is 12.0. The summed E-state index contributed by atoms with van der Waals surface area (Å²) in [5.41, 5.74) is 8.29. The van der Waals surface area contributed by atoms with E-state index in [1.54, 1.807) is 11.2 Å². The SMILES string of the molecule is Cc1cnc2ccc([C@H](C)N3C[C@H](C)N(C4CC(=O)NC5=CN(CC#N)NC54)C[C@H]3C)cc2n1. The number of rotatable bonds is 4. The van der Waals surface area contributed by atoms with E-state index in [1.165, 1.54) is 5.56 Å². The highest BCUT2D eigenvalue weighted by atomic mass is 16.1. The van der Waals surface area contributed by atoms with Crippen molar-refractivity contribution >= 4 is 16.9 Å². The van der Waals surface area contributed by atoms with Crippen molar-refractivity contribution in [1.29, 1.82) is 5.26 Å². The lowest BCUT2D eigenvalue weighted by Crippen LogP contribution is -2.66. The molecule has 0 spiro atoms. The zero-order valence-corrected chi connectivity index (χ0v) is 20.2. The minimum absolute atomic E-state index is 0.00743. The first-order valence-electron chi connectivity index (χ1n) is 12.0. The molecule has 5 rings (SSSR count). The van der Waals surface area contributed by atoms with Gasteiger partial charge in [0.1, 0.15) is 6.54 Å². The van der Waals surface area contributed by atoms with Crippen molar-refractivity contribution < 1.29 is 4.79 Å². The van der Waals surface area contributed by atoms with Gasteiger partial charge in [0.05, 0.1) is 34.5 Å². The Balaban J connectivity index is 1.33. The van der Waals surface area contributed by atoms with Gasteiger partial charge < -0.3 is 5.32 Å². The first kappa shape index (κ1) is 22.7. The molecule has 1 aromatic carbocycles. The van der Waals surface area contributed by atoms with Crippen LogP contribution in [0.25, 0.3) is 11.0 Å². The third-order valence-electron chi connectivity index (χ3n) is 7.41. The number of carbonyl (C=O) groups excluding carboxylic acids is 1. The van der Waals surface area contributed by atoms with Crippen LogP contribution in [0.2, 0.25) is 0 Å². The molecule has 5 atom stereocenters. The maximum absolute atomic E-state index is 12.5. The summed E-state index contributed by atoms with van der Waals surface area (Å²) in [4.78, 5) is 26.7. The summed E-state index contributed by atoms with van der Waals surface area (Å²) in [5.74, 6) is 0.0383. The monoisotopic (exact) mass is 460 g/mol. The third kappa shape index (κ3) is 4.13. The van der Waals surface area contributed by atoms with Gasteiger partial charge in [-0.1, -0.05) is 6.07 Å². The second-order valence-electron chi connectivity index (χ2n) is 9.82. The molecule has 1 amide bonds. The average Bonchev–Trinajstić information content (AvgIpc) is 3.21. The summed E-state index contributed by atoms with van der Waals surface area (Å²) in [7, 11) is 0. The van der Waals surface area contributed by atoms with Gasteiger partial charge in [0.2, 0.25) is 5.91 Å². The Kier molecular flexibility index (Phi) is 5.98. The minimum Gasteiger partial charge on any atom is -0.327 e. The first-order chi connectivity index (χ1) is 16.3. The number of aromatic nitrogens is 2. The van der Waals surface area contributed by atoms with Crippen LogP contribution in [-0.2, 0) is 4.79 Å². The van der Waals surface area contributed by atoms with Crippen LogP contribution < -0.4 is 10.7 Å². The topological polar surface area (TPSA) is 100 Å². The molecule has 0 saturated carbocycles. The number of piperazine rings is 1. The van der Waals surface area contributed by atoms with Crippen LogP contribution in [0.3, 0.4) is 0 Å². The molecule has 9 heteroatoms. The van der Waals surface area contributed by atoms with E-state index in [0.29, 0.717) is 12.5 Å². The average molecular weight is 461 g/mol. The minimum atomic E-state index is -0.00743. The molecule has 4 heterocycles. The molecule has 3 aliphatic rings. The van der Waals surface area contributed by atoms with Crippen molar-refractivity contribution in [2.45, 2.75) is 64.3 Å². The van der Waals surface area contributed by atoms with Gasteiger partial charge in [-0.15, -0.1) is 0 Å². The Hall–Kier alpha value is -3.06. The van der Waals surface area contributed by atoms with Crippen molar-refractivity contribution in [2.75, 3.05) is 19.6 Å². The molecule has 34 heavy (non-hydrogen) atoms. The van der Waals surface area contributed by atoms with Crippen molar-refractivity contribution in [3.63, 3.8) is 0 Å². The highest BCUT2D eigenvalue weighted by molar-refractivity contribution is 5.80. The predicted octanol–water partition coefficient (Wildman–Crippen LogP) is 1.84. The van der Waals surface area contributed by atoms with Crippen molar-refractivity contribution in [3.8, 4) is 6.07 Å². The Morgan fingerprint density at radius 1 is 1.24 bits per heavy atom. The van der Waals surface area contributed by atoms with Crippen LogP contribution in [0.15, 0.2) is 36.3 Å². The van der Waals surface area contributed by atoms with Gasteiger partial charge in [-0.25, -0.2) is 10.4 Å². The summed E-state index contributed by atoms with van der Waals surface area (Å²) < 4.78 is 0. The van der Waals surface area contributed by atoms with E-state index in [2.05, 4.69) is 75.5 Å². The molecular weight excluding hydrogens is 428 g/mol. The second kappa shape index (κ2) is 8.95. The lowest BCUT2D eigenvalue weighted by Gasteiger charge is -2.51. The number of hydrogen-bond acceptors (Lipinski definition) is 8. The van der Waals surface area contributed by atoms with E-state index in [0.717, 1.165) is 35.5 Å². The number of amides is 1. The molecule has 3 aliphatic heterocycles. The van der Waals surface area contributed by atoms with Gasteiger partial charge in [0.15, 0.2) is 0 Å². The molecular formula is C25H32N8O. The molecule has 0 bridgehead atoms. The molecule has 2 N–H and O–H groups in total. The number of nitriles is 1. The van der Waals surface area contributed by atoms with Gasteiger partial charge in [0, 0.05) is 56.1 Å². The number of hydrazine groups is 1. The molecule has 2 saturated heterocycles. The summed E-state index contributed by atoms with van der Waals surface area (Å²) in [6, 6.07) is 9.44. The Bertz CT molecular complexity index is 1170. The number of carbonyl (C=O) groups is 1. The smallest absolute Gasteiger partial charge is 0.225 e. The summed E-state index contributed by atoms with van der Waals surface area (Å²) in [5, 5.41) is 13.8. The molecule has 2 fully saturated rings. The van der Waals surface area contributed by atoms with Crippen LogP contribution >= 0.6 is 0 Å². The zero-order chi connectivity index (χ0) is 24.0. The Morgan fingerprint density at radius 3 is 2.85 bits per heavy atom. The predicted molar refractivity (Wildman–Crippen MR) is 129 cm³/mol. The van der Waals surface area contributed by atoms with Crippen molar-refractivity contribution in [2.24, 2.45) is 0 Å². The van der Waals surface area contributed by atoms with Gasteiger partial charge in [-0.3, -0.25) is 24.6 Å². The quantitative estimate of drug-likeness (QED) is 0.667. The standard InChI is InChI=1S/C25H32N8O/c1-15-11-27-20-6-5-19(9-21(20)28-15)18(4)32-12-17(3)33(13-16(32)2)23-10-24(34)29-22-14-31(8-7-26)30-25(22)23/h5-6,9,11,14,16-18,23,25,30H,8,10,12-13H2,1-4H3,(H,29,34)/t16-,17+,18+,23?,25?/m1/s1. The van der Waals surface area contributed by atoms with Gasteiger partial charge >= 0.3 is 0 Å². The van der Waals surface area contributed by atoms with Gasteiger partial charge in [-0.05, 0) is 45.4 Å². The number of nitrogens with one attached hydrogen (secondary N) is 2. The maximum atomic E-state index is 12.5. The molecule has 0 radical (unpaired) electrons. The van der Waals surface area contributed by atoms with Crippen LogP contribution in [-0.4, -0.2) is 74.5 Å². The lowest BCUT2D eigenvalue weighted by atomic mass is 9.92. The number of fused-ring (bicyclic) bond motifs is 2. The van der Waals surface area contributed by atoms with E-state index in [9.17, 15) is 4.79 Å². The van der Waals surface area contributed by atoms with Crippen molar-refractivity contribution in [1.82, 2.24) is 35.5 Å². The third-order valence-corrected chi connectivity index (χ3v) is 7.41. The summed E-state index contributed by atoms with van der Waals surface area (Å²) in [6.45, 7) is 10.8. The zero-order valence-electron chi connectivity index (χ0n) is 20.2. The molecule has 0 aliphatic carbocycles. The van der Waals surface area contributed by atoms with E-state index in [4.69, 9.17) is 5.26 Å². The van der Waals surface area contributed by atoms with Crippen LogP contribution in [0.1, 0.15) is 44.5 Å². The highest BCUT2D eigenvalue weighted by Gasteiger charge is 2.44. The van der Waals surface area contributed by atoms with Crippen LogP contribution in [0.4, 0.5) is 0 Å². The molecule has 9 nitrogen and oxygen atoms in total. The van der Waals surface area contributed by atoms with E-state index >= 15 is 0 Å². The Labute approximate surface area is 200 Å². The number of aryl methyl sites for hydroxylation is 1. The van der Waals surface area contributed by atoms with E-state index in [1.807, 2.05) is 13.1 Å². The molecule has 2 unspecified atom stereocenters. The maximum Gasteiger partial charge on any atom is 0.225 e. The number of benzene rings is 1. The van der Waals surface area contributed by atoms with Crippen LogP contribution in [0, 0.1) is 18.3 Å². The lowest BCUT2D eigenvalue weighted by molar-refractivity contribution is -0.124. The van der Waals surface area contributed by atoms with E-state index < -0.39 is 0 Å². The summed E-state index contributed by atoms with van der Waals surface area (Å²) >= 11 is 0. The number of nitrogens with zero attached hydrogens (tertiary/aromatic N) is 6. The van der Waals surface area contributed by atoms with Crippen LogP contribution in [0.5, 0.6) is 0 Å². The molecule has 2 aromatic rings. The number of hydrogen-bond donors (Lipinski definition) is 2. The normalized spacial score (nSPS) is 28.9. The van der Waals surface area contributed by atoms with Crippen molar-refractivity contribution in [3.05, 3.63) is 47.6 Å². The van der Waals surface area contributed by atoms with E-state index in [-0.39, 0.29) is 36.6 Å². The highest BCUT2D eigenvalue weighted by Crippen LogP contribution is 2.32. The fourth-order valence-corrected chi connectivity index (χ4v) is 5.69. The second-order valence-corrected chi connectivity index (χ2v) is 9.82.